The van der Waals surface area contributed by atoms with Gasteiger partial charge in [-0.2, -0.15) is 0 Å². The summed E-state index contributed by atoms with van der Waals surface area (Å²) >= 11 is 0.869. The average molecular weight is 342 g/mol. The normalized spacial score (nSPS) is 17.2. The van der Waals surface area contributed by atoms with Crippen LogP contribution in [0.15, 0.2) is 48.5 Å². The molecule has 6 nitrogen and oxygen atoms in total. The van der Waals surface area contributed by atoms with E-state index in [1.807, 2.05) is 19.1 Å². The van der Waals surface area contributed by atoms with Crippen molar-refractivity contribution in [3.05, 3.63) is 59.7 Å². The van der Waals surface area contributed by atoms with Crippen LogP contribution in [0.25, 0.3) is 0 Å². The number of carbonyl (C=O) groups excluding carboxylic acids is 2. The summed E-state index contributed by atoms with van der Waals surface area (Å²) in [6.45, 7) is 1.92. The van der Waals surface area contributed by atoms with E-state index in [1.165, 1.54) is 12.1 Å². The number of anilines is 2. The lowest BCUT2D eigenvalue weighted by atomic mass is 10.2. The number of thioether (sulfide) groups is 1. The van der Waals surface area contributed by atoms with E-state index < -0.39 is 11.3 Å². The minimum atomic E-state index is -1.05. The number of aryl methyl sites for hydroxylation is 1. The lowest BCUT2D eigenvalue weighted by molar-refractivity contribution is -0.116. The molecule has 1 atom stereocenters. The van der Waals surface area contributed by atoms with Crippen LogP contribution in [0.5, 0.6) is 0 Å². The second-order valence-electron chi connectivity index (χ2n) is 5.30. The fourth-order valence-electron chi connectivity index (χ4n) is 2.32. The van der Waals surface area contributed by atoms with Crippen molar-refractivity contribution in [1.29, 1.82) is 0 Å². The van der Waals surface area contributed by atoms with Gasteiger partial charge in [-0.05, 0) is 49.0 Å². The van der Waals surface area contributed by atoms with Crippen molar-refractivity contribution in [1.82, 2.24) is 0 Å². The van der Waals surface area contributed by atoms with Crippen LogP contribution in [0.2, 0.25) is 0 Å². The molecule has 2 N–H and O–H groups in total. The van der Waals surface area contributed by atoms with Crippen molar-refractivity contribution in [2.24, 2.45) is 0 Å². The number of benzene rings is 2. The summed E-state index contributed by atoms with van der Waals surface area (Å²) in [5, 5.41) is 10.8. The molecule has 0 spiro atoms. The van der Waals surface area contributed by atoms with Gasteiger partial charge >= 0.3 is 5.97 Å². The summed E-state index contributed by atoms with van der Waals surface area (Å²) in [6, 6.07) is 13.2. The van der Waals surface area contributed by atoms with Gasteiger partial charge in [0.25, 0.3) is 11.1 Å². The number of imide groups is 1. The quantitative estimate of drug-likeness (QED) is 0.886. The molecule has 7 heteroatoms. The highest BCUT2D eigenvalue weighted by Crippen LogP contribution is 2.32. The van der Waals surface area contributed by atoms with E-state index >= 15 is 0 Å². The SMILES string of the molecule is Cc1ccc(N2C(=O)S[C@H](Nc3cccc(C(=O)O)c3)C2=O)cc1. The Hall–Kier alpha value is -2.80. The highest BCUT2D eigenvalue weighted by Gasteiger charge is 2.40. The molecule has 0 bridgehead atoms. The van der Waals surface area contributed by atoms with Gasteiger partial charge in [-0.15, -0.1) is 0 Å². The molecule has 2 aromatic rings. The zero-order valence-electron chi connectivity index (χ0n) is 12.7. The monoisotopic (exact) mass is 342 g/mol. The molecule has 1 aliphatic heterocycles. The van der Waals surface area contributed by atoms with Crippen LogP contribution in [0.4, 0.5) is 16.2 Å². The molecule has 1 heterocycles. The topological polar surface area (TPSA) is 86.7 Å². The summed E-state index contributed by atoms with van der Waals surface area (Å²) in [4.78, 5) is 36.8. The highest BCUT2D eigenvalue weighted by atomic mass is 32.2. The molecule has 0 radical (unpaired) electrons. The third-order valence-electron chi connectivity index (χ3n) is 3.55. The average Bonchev–Trinajstić information content (AvgIpc) is 2.83. The van der Waals surface area contributed by atoms with E-state index in [2.05, 4.69) is 5.32 Å². The second kappa shape index (κ2) is 6.37. The first kappa shape index (κ1) is 16.1. The molecule has 0 unspecified atom stereocenters. The zero-order chi connectivity index (χ0) is 17.3. The maximum absolute atomic E-state index is 12.5. The van der Waals surface area contributed by atoms with Crippen LogP contribution >= 0.6 is 11.8 Å². The number of amides is 2. The Bertz CT molecular complexity index is 820. The van der Waals surface area contributed by atoms with Crippen LogP contribution in [0, 0.1) is 6.92 Å². The first-order chi connectivity index (χ1) is 11.5. The standard InChI is InChI=1S/C17H14N2O4S/c1-10-5-7-13(8-6-10)19-15(20)14(24-17(19)23)18-12-4-2-3-11(9-12)16(21)22/h2-9,14,18H,1H3,(H,21,22)/t14-/m0/s1. The molecule has 2 aromatic carbocycles. The molecule has 2 amide bonds. The first-order valence-corrected chi connectivity index (χ1v) is 8.05. The molecular formula is C17H14N2O4S. The number of carboxylic acids is 1. The first-order valence-electron chi connectivity index (χ1n) is 7.17. The van der Waals surface area contributed by atoms with Crippen LogP contribution in [-0.2, 0) is 4.79 Å². The third-order valence-corrected chi connectivity index (χ3v) is 4.48. The van der Waals surface area contributed by atoms with Crippen molar-refractivity contribution >= 4 is 40.3 Å². The van der Waals surface area contributed by atoms with Gasteiger partial charge in [-0.3, -0.25) is 9.59 Å². The number of carboxylic acid groups (broad SMARTS) is 1. The predicted molar refractivity (Wildman–Crippen MR) is 92.5 cm³/mol. The summed E-state index contributed by atoms with van der Waals surface area (Å²) in [5.74, 6) is -1.43. The molecule has 1 saturated heterocycles. The summed E-state index contributed by atoms with van der Waals surface area (Å²) < 4.78 is 0. The number of aromatic carboxylic acids is 1. The van der Waals surface area contributed by atoms with E-state index in [1.54, 1.807) is 24.3 Å². The van der Waals surface area contributed by atoms with Gasteiger partial charge in [0, 0.05) is 5.69 Å². The number of hydrogen-bond donors (Lipinski definition) is 2. The molecule has 3 rings (SSSR count). The minimum absolute atomic E-state index is 0.108. The van der Waals surface area contributed by atoms with Gasteiger partial charge < -0.3 is 10.4 Å². The maximum atomic E-state index is 12.5. The second-order valence-corrected chi connectivity index (χ2v) is 6.36. The van der Waals surface area contributed by atoms with E-state index in [-0.39, 0.29) is 16.7 Å². The molecule has 1 fully saturated rings. The van der Waals surface area contributed by atoms with E-state index in [9.17, 15) is 14.4 Å². The Labute approximate surface area is 142 Å². The van der Waals surface area contributed by atoms with Crippen LogP contribution < -0.4 is 10.2 Å². The molecule has 0 aromatic heterocycles. The predicted octanol–water partition coefficient (Wildman–Crippen LogP) is 3.33. The zero-order valence-corrected chi connectivity index (χ0v) is 13.5. The van der Waals surface area contributed by atoms with Crippen LogP contribution in [0.1, 0.15) is 15.9 Å². The van der Waals surface area contributed by atoms with Crippen molar-refractivity contribution in [3.8, 4) is 0 Å². The van der Waals surface area contributed by atoms with Crippen molar-refractivity contribution in [3.63, 3.8) is 0 Å². The minimum Gasteiger partial charge on any atom is -0.478 e. The Kier molecular flexibility index (Phi) is 4.26. The summed E-state index contributed by atoms with van der Waals surface area (Å²) in [7, 11) is 0. The largest absolute Gasteiger partial charge is 0.478 e. The van der Waals surface area contributed by atoms with E-state index in [4.69, 9.17) is 5.11 Å². The Morgan fingerprint density at radius 2 is 1.88 bits per heavy atom. The van der Waals surface area contributed by atoms with Crippen molar-refractivity contribution in [2.45, 2.75) is 12.3 Å². The number of rotatable bonds is 4. The van der Waals surface area contributed by atoms with Crippen molar-refractivity contribution in [2.75, 3.05) is 10.2 Å². The van der Waals surface area contributed by atoms with Gasteiger partial charge in [-0.25, -0.2) is 9.69 Å². The fraction of sp³-hybridized carbons (Fsp3) is 0.118. The Morgan fingerprint density at radius 3 is 2.54 bits per heavy atom. The number of hydrogen-bond acceptors (Lipinski definition) is 5. The highest BCUT2D eigenvalue weighted by molar-refractivity contribution is 8.16. The molecule has 1 aliphatic rings. The van der Waals surface area contributed by atoms with Crippen LogP contribution in [-0.4, -0.2) is 27.6 Å². The number of nitrogens with zero attached hydrogens (tertiary/aromatic N) is 1. The molecule has 0 aliphatic carbocycles. The Balaban J connectivity index is 1.80. The molecular weight excluding hydrogens is 328 g/mol. The molecule has 24 heavy (non-hydrogen) atoms. The maximum Gasteiger partial charge on any atom is 0.335 e. The lowest BCUT2D eigenvalue weighted by Crippen LogP contribution is -2.34. The lowest BCUT2D eigenvalue weighted by Gasteiger charge is -2.15. The smallest absolute Gasteiger partial charge is 0.335 e. The summed E-state index contributed by atoms with van der Waals surface area (Å²) in [6.07, 6.45) is 0. The number of nitrogens with one attached hydrogen (secondary N) is 1. The van der Waals surface area contributed by atoms with Gasteiger partial charge in [0.05, 0.1) is 11.3 Å². The number of carbonyl (C=O) groups is 3. The Morgan fingerprint density at radius 1 is 1.17 bits per heavy atom. The van der Waals surface area contributed by atoms with Gasteiger partial charge in [0.2, 0.25) is 0 Å². The summed E-state index contributed by atoms with van der Waals surface area (Å²) in [5.41, 5.74) is 2.13. The molecule has 122 valence electrons. The van der Waals surface area contributed by atoms with Gasteiger partial charge in [0.15, 0.2) is 5.37 Å². The fourth-order valence-corrected chi connectivity index (χ4v) is 3.23. The van der Waals surface area contributed by atoms with Crippen LogP contribution in [0.3, 0.4) is 0 Å². The van der Waals surface area contributed by atoms with Crippen molar-refractivity contribution < 1.29 is 19.5 Å². The molecule has 0 saturated carbocycles. The van der Waals surface area contributed by atoms with Gasteiger partial charge in [-0.1, -0.05) is 23.8 Å². The van der Waals surface area contributed by atoms with Gasteiger partial charge in [0.1, 0.15) is 0 Å². The van der Waals surface area contributed by atoms with E-state index in [0.717, 1.165) is 22.2 Å². The van der Waals surface area contributed by atoms with E-state index in [0.29, 0.717) is 11.4 Å². The third kappa shape index (κ3) is 3.11.